The van der Waals surface area contributed by atoms with Crippen molar-refractivity contribution in [2.45, 2.75) is 25.7 Å². The van der Waals surface area contributed by atoms with Gasteiger partial charge in [0.1, 0.15) is 11.7 Å². The number of nitrogens with zero attached hydrogens (tertiary/aromatic N) is 1. The van der Waals surface area contributed by atoms with Gasteiger partial charge in [-0.15, -0.1) is 0 Å². The number of hydrogen-bond acceptors (Lipinski definition) is 3. The van der Waals surface area contributed by atoms with Gasteiger partial charge in [-0.1, -0.05) is 12.1 Å². The van der Waals surface area contributed by atoms with Crippen LogP contribution in [0.25, 0.3) is 10.9 Å². The Morgan fingerprint density at radius 1 is 1.23 bits per heavy atom. The van der Waals surface area contributed by atoms with Crippen molar-refractivity contribution in [3.63, 3.8) is 0 Å². The van der Waals surface area contributed by atoms with E-state index in [1.54, 1.807) is 25.1 Å². The number of aromatic nitrogens is 1. The summed E-state index contributed by atoms with van der Waals surface area (Å²) in [7, 11) is 0. The van der Waals surface area contributed by atoms with Crippen LogP contribution in [0.5, 0.6) is 0 Å². The molecule has 0 bridgehead atoms. The lowest BCUT2D eigenvalue weighted by atomic mass is 10.1. The van der Waals surface area contributed by atoms with Crippen LogP contribution in [0.3, 0.4) is 0 Å². The molecule has 0 radical (unpaired) electrons. The van der Waals surface area contributed by atoms with E-state index in [0.717, 1.165) is 12.1 Å². The smallest absolute Gasteiger partial charge is 0.368 e. The second-order valence-electron chi connectivity index (χ2n) is 7.54. The largest absolute Gasteiger partial charge is 0.418 e. The van der Waals surface area contributed by atoms with Crippen LogP contribution < -0.4 is 15.6 Å². The van der Waals surface area contributed by atoms with Crippen molar-refractivity contribution >= 4 is 28.2 Å². The molecule has 9 heteroatoms. The lowest BCUT2D eigenvalue weighted by Gasteiger charge is -2.21. The predicted molar refractivity (Wildman–Crippen MR) is 110 cm³/mol. The van der Waals surface area contributed by atoms with Crippen molar-refractivity contribution in [3.8, 4) is 0 Å². The fourth-order valence-corrected chi connectivity index (χ4v) is 3.82. The molecule has 2 aromatic carbocycles. The fraction of sp³-hybridized carbons (Fsp3) is 0.273. The molecule has 0 unspecified atom stereocenters. The summed E-state index contributed by atoms with van der Waals surface area (Å²) in [6.45, 7) is 2.05. The molecule has 2 heterocycles. The number of H-pyrrole nitrogens is 1. The van der Waals surface area contributed by atoms with Gasteiger partial charge in [-0.2, -0.15) is 13.2 Å². The summed E-state index contributed by atoms with van der Waals surface area (Å²) in [6.07, 6.45) is -4.40. The Morgan fingerprint density at radius 3 is 2.68 bits per heavy atom. The fourth-order valence-electron chi connectivity index (χ4n) is 3.82. The van der Waals surface area contributed by atoms with Crippen LogP contribution in [0.2, 0.25) is 0 Å². The van der Waals surface area contributed by atoms with Gasteiger partial charge in [-0.05, 0) is 43.2 Å². The van der Waals surface area contributed by atoms with E-state index in [2.05, 4.69) is 10.3 Å². The number of alkyl halides is 4. The molecule has 1 saturated heterocycles. The minimum absolute atomic E-state index is 0.0226. The zero-order chi connectivity index (χ0) is 22.3. The Morgan fingerprint density at radius 2 is 2.00 bits per heavy atom. The second kappa shape index (κ2) is 7.72. The average molecular weight is 433 g/mol. The van der Waals surface area contributed by atoms with E-state index in [4.69, 9.17) is 0 Å². The highest BCUT2D eigenvalue weighted by molar-refractivity contribution is 6.06. The quantitative estimate of drug-likeness (QED) is 0.591. The van der Waals surface area contributed by atoms with Crippen molar-refractivity contribution in [1.29, 1.82) is 0 Å². The number of nitrogens with one attached hydrogen (secondary N) is 2. The molecule has 162 valence electrons. The van der Waals surface area contributed by atoms with Gasteiger partial charge < -0.3 is 15.2 Å². The summed E-state index contributed by atoms with van der Waals surface area (Å²) in [5.41, 5.74) is -0.996. The summed E-state index contributed by atoms with van der Waals surface area (Å²) in [6, 6.07) is 8.55. The molecular formula is C22H19F4N3O2. The van der Waals surface area contributed by atoms with Gasteiger partial charge in [-0.25, -0.2) is 4.39 Å². The molecule has 0 spiro atoms. The zero-order valence-corrected chi connectivity index (χ0v) is 16.5. The molecule has 0 aliphatic carbocycles. The van der Waals surface area contributed by atoms with Crippen molar-refractivity contribution < 1.29 is 22.4 Å². The van der Waals surface area contributed by atoms with Gasteiger partial charge in [0.15, 0.2) is 0 Å². The summed E-state index contributed by atoms with van der Waals surface area (Å²) in [5.74, 6) is -0.949. The van der Waals surface area contributed by atoms with Crippen LogP contribution in [-0.2, 0) is 6.18 Å². The number of amides is 1. The Bertz CT molecular complexity index is 1220. The van der Waals surface area contributed by atoms with Crippen molar-refractivity contribution in [2.75, 3.05) is 23.3 Å². The first-order valence-electron chi connectivity index (χ1n) is 9.68. The molecular weight excluding hydrogens is 414 g/mol. The number of anilines is 2. The topological polar surface area (TPSA) is 65.2 Å². The lowest BCUT2D eigenvalue weighted by molar-refractivity contribution is -0.136. The maximum atomic E-state index is 13.7. The van der Waals surface area contributed by atoms with Crippen LogP contribution in [0.15, 0.2) is 47.4 Å². The first-order chi connectivity index (χ1) is 14.6. The van der Waals surface area contributed by atoms with Crippen LogP contribution in [0.4, 0.5) is 28.9 Å². The van der Waals surface area contributed by atoms with Crippen LogP contribution in [-0.4, -0.2) is 30.2 Å². The summed E-state index contributed by atoms with van der Waals surface area (Å²) in [5, 5.41) is 2.52. The Labute approximate surface area is 174 Å². The monoisotopic (exact) mass is 433 g/mol. The minimum atomic E-state index is -4.75. The first kappa shape index (κ1) is 20.9. The third-order valence-electron chi connectivity index (χ3n) is 5.41. The van der Waals surface area contributed by atoms with E-state index >= 15 is 0 Å². The number of carbonyl (C=O) groups is 1. The van der Waals surface area contributed by atoms with Gasteiger partial charge >= 0.3 is 6.18 Å². The molecule has 1 aliphatic heterocycles. The van der Waals surface area contributed by atoms with Crippen LogP contribution in [0, 0.1) is 6.92 Å². The molecule has 0 saturated carbocycles. The van der Waals surface area contributed by atoms with Gasteiger partial charge in [0.25, 0.3) is 5.91 Å². The van der Waals surface area contributed by atoms with Gasteiger partial charge in [0, 0.05) is 35.9 Å². The number of rotatable bonds is 3. The number of benzene rings is 2. The maximum absolute atomic E-state index is 13.7. The highest BCUT2D eigenvalue weighted by Gasteiger charge is 2.35. The van der Waals surface area contributed by atoms with Crippen LogP contribution in [0.1, 0.15) is 27.9 Å². The standard InChI is InChI=1S/C22H19F4N3O2/c1-12-3-2-4-18-19(12)20(30)15(10-27-18)21(31)28-17-6-5-14(9-16(17)22(24,25)26)29-8-7-13(23)11-29/h2-6,9-10,13H,7-8,11H2,1H3,(H,27,30)(H,28,31)/t13-/m1/s1. The second-order valence-corrected chi connectivity index (χ2v) is 7.54. The minimum Gasteiger partial charge on any atom is -0.368 e. The molecule has 3 aromatic rings. The molecule has 1 aromatic heterocycles. The zero-order valence-electron chi connectivity index (χ0n) is 16.5. The SMILES string of the molecule is Cc1cccc2[nH]cc(C(=O)Nc3ccc(N4CC[C@@H](F)C4)cc3C(F)(F)F)c(=O)c12. The van der Waals surface area contributed by atoms with Crippen molar-refractivity contribution in [1.82, 2.24) is 4.98 Å². The Hall–Kier alpha value is -3.36. The molecule has 4 rings (SSSR count). The van der Waals surface area contributed by atoms with Gasteiger partial charge in [0.05, 0.1) is 11.3 Å². The molecule has 1 amide bonds. The van der Waals surface area contributed by atoms with Gasteiger partial charge in [0.2, 0.25) is 5.43 Å². The molecule has 1 fully saturated rings. The Balaban J connectivity index is 1.70. The van der Waals surface area contributed by atoms with Crippen LogP contribution >= 0.6 is 0 Å². The molecule has 5 nitrogen and oxygen atoms in total. The summed E-state index contributed by atoms with van der Waals surface area (Å²) < 4.78 is 54.5. The number of halogens is 4. The summed E-state index contributed by atoms with van der Waals surface area (Å²) in [4.78, 5) is 29.8. The van der Waals surface area contributed by atoms with Crippen molar-refractivity contribution in [2.24, 2.45) is 0 Å². The van der Waals surface area contributed by atoms with E-state index in [-0.39, 0.29) is 24.2 Å². The van der Waals surface area contributed by atoms with E-state index in [0.29, 0.717) is 23.0 Å². The molecule has 1 atom stereocenters. The van der Waals surface area contributed by atoms with E-state index < -0.39 is 34.9 Å². The van der Waals surface area contributed by atoms with Crippen molar-refractivity contribution in [3.05, 3.63) is 69.5 Å². The maximum Gasteiger partial charge on any atom is 0.418 e. The highest BCUT2D eigenvalue weighted by Crippen LogP contribution is 2.38. The number of hydrogen-bond donors (Lipinski definition) is 2. The third kappa shape index (κ3) is 3.99. The summed E-state index contributed by atoms with van der Waals surface area (Å²) >= 11 is 0. The Kier molecular flexibility index (Phi) is 5.20. The van der Waals surface area contributed by atoms with E-state index in [1.165, 1.54) is 17.2 Å². The lowest BCUT2D eigenvalue weighted by Crippen LogP contribution is -2.24. The predicted octanol–water partition coefficient (Wildman–Crippen LogP) is 4.66. The van der Waals surface area contributed by atoms with E-state index in [1.807, 2.05) is 0 Å². The number of aromatic amines is 1. The average Bonchev–Trinajstić information content (AvgIpc) is 3.14. The number of pyridine rings is 1. The van der Waals surface area contributed by atoms with Gasteiger partial charge in [-0.3, -0.25) is 9.59 Å². The first-order valence-corrected chi connectivity index (χ1v) is 9.68. The van der Waals surface area contributed by atoms with E-state index in [9.17, 15) is 27.2 Å². The molecule has 2 N–H and O–H groups in total. The third-order valence-corrected chi connectivity index (χ3v) is 5.41. The molecule has 31 heavy (non-hydrogen) atoms. The number of aryl methyl sites for hydroxylation is 1. The normalized spacial score (nSPS) is 16.7. The highest BCUT2D eigenvalue weighted by atomic mass is 19.4. The number of carbonyl (C=O) groups excluding carboxylic acids is 1. The number of fused-ring (bicyclic) bond motifs is 1. The molecule has 1 aliphatic rings.